The number of morpholine rings is 1. The summed E-state index contributed by atoms with van der Waals surface area (Å²) in [6, 6.07) is 0.547. The fourth-order valence-electron chi connectivity index (χ4n) is 2.96. The predicted molar refractivity (Wildman–Crippen MR) is 71.0 cm³/mol. The largest absolute Gasteiger partial charge is 0.383 e. The third-order valence-electron chi connectivity index (χ3n) is 4.44. The first-order valence-corrected chi connectivity index (χ1v) is 7.43. The van der Waals surface area contributed by atoms with E-state index in [1.54, 1.807) is 7.11 Å². The minimum Gasteiger partial charge on any atom is -0.383 e. The molecule has 2 amide bonds. The molecule has 0 spiro atoms. The highest BCUT2D eigenvalue weighted by atomic mass is 16.5. The van der Waals surface area contributed by atoms with Crippen molar-refractivity contribution < 1.29 is 14.3 Å². The minimum atomic E-state index is 0.0779. The van der Waals surface area contributed by atoms with Crippen LogP contribution in [0.1, 0.15) is 25.7 Å². The number of carbonyl (C=O) groups is 1. The second-order valence-electron chi connectivity index (χ2n) is 6.02. The molecule has 19 heavy (non-hydrogen) atoms. The fourth-order valence-corrected chi connectivity index (χ4v) is 2.96. The molecule has 2 atom stereocenters. The summed E-state index contributed by atoms with van der Waals surface area (Å²) in [6.45, 7) is 2.71. The van der Waals surface area contributed by atoms with Crippen LogP contribution in [-0.4, -0.2) is 56.5 Å². The predicted octanol–water partition coefficient (Wildman–Crippen LogP) is 1.23. The number of nitrogens with one attached hydrogen (secondary N) is 1. The van der Waals surface area contributed by atoms with Crippen molar-refractivity contribution in [2.75, 3.05) is 33.5 Å². The van der Waals surface area contributed by atoms with E-state index in [0.29, 0.717) is 31.7 Å². The molecule has 0 bridgehead atoms. The lowest BCUT2D eigenvalue weighted by molar-refractivity contribution is 0.00325. The van der Waals surface area contributed by atoms with E-state index < -0.39 is 0 Å². The van der Waals surface area contributed by atoms with Crippen molar-refractivity contribution in [3.8, 4) is 0 Å². The summed E-state index contributed by atoms with van der Waals surface area (Å²) in [5, 5.41) is 3.17. The van der Waals surface area contributed by atoms with Gasteiger partial charge in [0.25, 0.3) is 0 Å². The molecule has 3 fully saturated rings. The normalized spacial score (nSPS) is 29.1. The van der Waals surface area contributed by atoms with Gasteiger partial charge in [-0.3, -0.25) is 0 Å². The van der Waals surface area contributed by atoms with E-state index in [1.807, 2.05) is 4.90 Å². The van der Waals surface area contributed by atoms with E-state index in [9.17, 15) is 4.79 Å². The Morgan fingerprint density at radius 2 is 2.21 bits per heavy atom. The highest BCUT2D eigenvalue weighted by Gasteiger charge is 2.40. The number of carbonyl (C=O) groups excluding carboxylic acids is 1. The Kier molecular flexibility index (Phi) is 3.93. The van der Waals surface area contributed by atoms with Gasteiger partial charge in [-0.15, -0.1) is 0 Å². The number of amides is 2. The Hall–Kier alpha value is -0.810. The maximum Gasteiger partial charge on any atom is 0.318 e. The number of ether oxygens (including phenoxy) is 2. The van der Waals surface area contributed by atoms with E-state index >= 15 is 0 Å². The van der Waals surface area contributed by atoms with Gasteiger partial charge in [0.15, 0.2) is 0 Å². The van der Waals surface area contributed by atoms with Gasteiger partial charge in [0, 0.05) is 13.7 Å². The standard InChI is InChI=1S/C14H24N2O3/c1-18-8-12(10-2-3-10)15-14(17)16-6-7-19-9-13(16)11-4-5-11/h10-13H,2-9H2,1H3,(H,15,17)/t12-,13-/m1/s1. The Bertz CT molecular complexity index is 329. The molecule has 0 aromatic rings. The second kappa shape index (κ2) is 5.67. The van der Waals surface area contributed by atoms with Crippen LogP contribution in [0.5, 0.6) is 0 Å². The van der Waals surface area contributed by atoms with Crippen LogP contribution in [0.4, 0.5) is 4.79 Å². The lowest BCUT2D eigenvalue weighted by atomic mass is 10.1. The summed E-state index contributed by atoms with van der Waals surface area (Å²) in [5.74, 6) is 1.28. The van der Waals surface area contributed by atoms with Crippen molar-refractivity contribution in [2.45, 2.75) is 37.8 Å². The highest BCUT2D eigenvalue weighted by Crippen LogP contribution is 2.37. The van der Waals surface area contributed by atoms with Gasteiger partial charge in [0.1, 0.15) is 0 Å². The fraction of sp³-hybridized carbons (Fsp3) is 0.929. The maximum absolute atomic E-state index is 12.5. The van der Waals surface area contributed by atoms with Crippen molar-refractivity contribution in [3.63, 3.8) is 0 Å². The van der Waals surface area contributed by atoms with Gasteiger partial charge in [0.2, 0.25) is 0 Å². The molecule has 108 valence electrons. The number of methoxy groups -OCH3 is 1. The third-order valence-corrected chi connectivity index (χ3v) is 4.44. The van der Waals surface area contributed by atoms with E-state index in [0.717, 1.165) is 6.54 Å². The summed E-state index contributed by atoms with van der Waals surface area (Å²) in [4.78, 5) is 14.5. The SMILES string of the molecule is COC[C@@H](NC(=O)N1CCOC[C@@H]1C1CC1)C1CC1. The van der Waals surface area contributed by atoms with Crippen LogP contribution in [0.3, 0.4) is 0 Å². The van der Waals surface area contributed by atoms with E-state index in [2.05, 4.69) is 5.32 Å². The molecule has 0 radical (unpaired) electrons. The molecule has 5 heteroatoms. The van der Waals surface area contributed by atoms with Crippen molar-refractivity contribution in [1.82, 2.24) is 10.2 Å². The molecule has 0 aromatic heterocycles. The maximum atomic E-state index is 12.5. The first kappa shape index (κ1) is 13.2. The monoisotopic (exact) mass is 268 g/mol. The molecule has 1 saturated heterocycles. The molecule has 3 aliphatic rings. The quantitative estimate of drug-likeness (QED) is 0.816. The lowest BCUT2D eigenvalue weighted by Gasteiger charge is -2.36. The topological polar surface area (TPSA) is 50.8 Å². The highest BCUT2D eigenvalue weighted by molar-refractivity contribution is 5.75. The summed E-state index contributed by atoms with van der Waals surface area (Å²) in [5.41, 5.74) is 0. The van der Waals surface area contributed by atoms with Gasteiger partial charge in [-0.05, 0) is 37.5 Å². The lowest BCUT2D eigenvalue weighted by Crippen LogP contribution is -2.56. The Morgan fingerprint density at radius 3 is 2.84 bits per heavy atom. The number of nitrogens with zero attached hydrogens (tertiary/aromatic N) is 1. The second-order valence-corrected chi connectivity index (χ2v) is 6.02. The van der Waals surface area contributed by atoms with E-state index in [4.69, 9.17) is 9.47 Å². The zero-order valence-electron chi connectivity index (χ0n) is 11.6. The van der Waals surface area contributed by atoms with Gasteiger partial charge in [0.05, 0.1) is 31.9 Å². The van der Waals surface area contributed by atoms with Gasteiger partial charge in [-0.2, -0.15) is 0 Å². The third kappa shape index (κ3) is 3.20. The zero-order chi connectivity index (χ0) is 13.2. The van der Waals surface area contributed by atoms with E-state index in [-0.39, 0.29) is 18.1 Å². The average Bonchev–Trinajstić information content (AvgIpc) is 3.31. The van der Waals surface area contributed by atoms with Crippen LogP contribution >= 0.6 is 0 Å². The number of hydrogen-bond acceptors (Lipinski definition) is 3. The zero-order valence-corrected chi connectivity index (χ0v) is 11.6. The van der Waals surface area contributed by atoms with Crippen LogP contribution in [-0.2, 0) is 9.47 Å². The van der Waals surface area contributed by atoms with Crippen LogP contribution in [0, 0.1) is 11.8 Å². The summed E-state index contributed by atoms with van der Waals surface area (Å²) in [7, 11) is 1.70. The van der Waals surface area contributed by atoms with Crippen molar-refractivity contribution in [3.05, 3.63) is 0 Å². The first-order chi connectivity index (χ1) is 9.29. The molecule has 5 nitrogen and oxygen atoms in total. The summed E-state index contributed by atoms with van der Waals surface area (Å²) >= 11 is 0. The number of hydrogen-bond donors (Lipinski definition) is 1. The molecular weight excluding hydrogens is 244 g/mol. The molecule has 0 unspecified atom stereocenters. The smallest absolute Gasteiger partial charge is 0.318 e. The van der Waals surface area contributed by atoms with Crippen molar-refractivity contribution in [1.29, 1.82) is 0 Å². The number of rotatable bonds is 5. The molecule has 2 saturated carbocycles. The van der Waals surface area contributed by atoms with Gasteiger partial charge in [-0.25, -0.2) is 4.79 Å². The Balaban J connectivity index is 1.57. The van der Waals surface area contributed by atoms with Gasteiger partial charge >= 0.3 is 6.03 Å². The molecule has 2 aliphatic carbocycles. The summed E-state index contributed by atoms with van der Waals surface area (Å²) in [6.07, 6.45) is 4.90. The molecule has 1 heterocycles. The molecular formula is C14H24N2O3. The molecule has 0 aromatic carbocycles. The van der Waals surface area contributed by atoms with Crippen LogP contribution in [0.15, 0.2) is 0 Å². The van der Waals surface area contributed by atoms with Crippen molar-refractivity contribution in [2.24, 2.45) is 11.8 Å². The molecule has 3 rings (SSSR count). The average molecular weight is 268 g/mol. The Labute approximate surface area is 114 Å². The van der Waals surface area contributed by atoms with Gasteiger partial charge < -0.3 is 19.7 Å². The van der Waals surface area contributed by atoms with Gasteiger partial charge in [-0.1, -0.05) is 0 Å². The van der Waals surface area contributed by atoms with E-state index in [1.165, 1.54) is 25.7 Å². The Morgan fingerprint density at radius 1 is 1.42 bits per heavy atom. The molecule has 1 N–H and O–H groups in total. The van der Waals surface area contributed by atoms with Crippen LogP contribution < -0.4 is 5.32 Å². The van der Waals surface area contributed by atoms with Crippen LogP contribution in [0.2, 0.25) is 0 Å². The summed E-state index contributed by atoms with van der Waals surface area (Å²) < 4.78 is 10.8. The molecule has 1 aliphatic heterocycles. The first-order valence-electron chi connectivity index (χ1n) is 7.43. The number of urea groups is 1. The van der Waals surface area contributed by atoms with Crippen LogP contribution in [0.25, 0.3) is 0 Å². The minimum absolute atomic E-state index is 0.0779. The van der Waals surface area contributed by atoms with Crippen molar-refractivity contribution >= 4 is 6.03 Å².